The zero-order valence-electron chi connectivity index (χ0n) is 14.4. The molecule has 136 valence electrons. The van der Waals surface area contributed by atoms with Crippen LogP contribution >= 0.6 is 0 Å². The van der Waals surface area contributed by atoms with Gasteiger partial charge < -0.3 is 15.4 Å². The number of nitrogens with zero attached hydrogens (tertiary/aromatic N) is 7. The second-order valence-corrected chi connectivity index (χ2v) is 5.74. The molecule has 1 N–H and O–H groups in total. The SMILES string of the molecule is CCn1cc(Cn2cc(NC(=O)Cn3nc([N+](=O)[O-])cc3C)cn2)cn1. The van der Waals surface area contributed by atoms with Crippen LogP contribution in [0.1, 0.15) is 18.2 Å². The summed E-state index contributed by atoms with van der Waals surface area (Å²) in [6.45, 7) is 4.88. The monoisotopic (exact) mass is 358 g/mol. The van der Waals surface area contributed by atoms with Gasteiger partial charge in [-0.05, 0) is 18.8 Å². The van der Waals surface area contributed by atoms with Crippen LogP contribution in [-0.2, 0) is 24.4 Å². The van der Waals surface area contributed by atoms with E-state index >= 15 is 0 Å². The highest BCUT2D eigenvalue weighted by Crippen LogP contribution is 2.12. The van der Waals surface area contributed by atoms with Crippen molar-refractivity contribution >= 4 is 17.4 Å². The zero-order valence-corrected chi connectivity index (χ0v) is 14.4. The Kier molecular flexibility index (Phi) is 4.78. The van der Waals surface area contributed by atoms with Crippen LogP contribution < -0.4 is 5.32 Å². The molecule has 0 aromatic carbocycles. The first kappa shape index (κ1) is 17.3. The Balaban J connectivity index is 1.59. The molecule has 0 unspecified atom stereocenters. The van der Waals surface area contributed by atoms with E-state index in [4.69, 9.17) is 0 Å². The molecule has 26 heavy (non-hydrogen) atoms. The highest BCUT2D eigenvalue weighted by Gasteiger charge is 2.17. The highest BCUT2D eigenvalue weighted by atomic mass is 16.6. The van der Waals surface area contributed by atoms with E-state index in [-0.39, 0.29) is 18.3 Å². The van der Waals surface area contributed by atoms with Crippen molar-refractivity contribution in [2.45, 2.75) is 33.5 Å². The van der Waals surface area contributed by atoms with Gasteiger partial charge in [-0.2, -0.15) is 14.9 Å². The molecule has 1 amide bonds. The molecule has 0 atom stereocenters. The molecule has 0 aliphatic heterocycles. The van der Waals surface area contributed by atoms with Gasteiger partial charge in [-0.1, -0.05) is 0 Å². The van der Waals surface area contributed by atoms with Gasteiger partial charge in [0.25, 0.3) is 0 Å². The molecule has 3 aromatic heterocycles. The highest BCUT2D eigenvalue weighted by molar-refractivity contribution is 5.90. The lowest BCUT2D eigenvalue weighted by atomic mass is 10.4. The van der Waals surface area contributed by atoms with E-state index in [0.29, 0.717) is 17.9 Å². The number of carbonyl (C=O) groups is 1. The summed E-state index contributed by atoms with van der Waals surface area (Å²) in [4.78, 5) is 22.3. The molecule has 0 bridgehead atoms. The van der Waals surface area contributed by atoms with E-state index in [1.807, 2.05) is 17.8 Å². The van der Waals surface area contributed by atoms with E-state index in [9.17, 15) is 14.9 Å². The molecular formula is C15H18N8O3. The van der Waals surface area contributed by atoms with Crippen molar-refractivity contribution in [1.29, 1.82) is 0 Å². The lowest BCUT2D eigenvalue weighted by molar-refractivity contribution is -0.389. The predicted molar refractivity (Wildman–Crippen MR) is 91.5 cm³/mol. The van der Waals surface area contributed by atoms with Crippen LogP contribution in [0.5, 0.6) is 0 Å². The third kappa shape index (κ3) is 3.94. The topological polar surface area (TPSA) is 126 Å². The summed E-state index contributed by atoms with van der Waals surface area (Å²) in [7, 11) is 0. The normalized spacial score (nSPS) is 10.8. The number of rotatable bonds is 7. The van der Waals surface area contributed by atoms with Crippen molar-refractivity contribution in [3.05, 3.63) is 52.2 Å². The van der Waals surface area contributed by atoms with Gasteiger partial charge in [-0.3, -0.25) is 14.2 Å². The van der Waals surface area contributed by atoms with Gasteiger partial charge in [0.1, 0.15) is 6.54 Å². The van der Waals surface area contributed by atoms with E-state index in [0.717, 1.165) is 12.1 Å². The van der Waals surface area contributed by atoms with Crippen molar-refractivity contribution in [3.63, 3.8) is 0 Å². The number of nitro groups is 1. The van der Waals surface area contributed by atoms with Gasteiger partial charge in [0.15, 0.2) is 0 Å². The lowest BCUT2D eigenvalue weighted by Crippen LogP contribution is -2.20. The smallest absolute Gasteiger partial charge is 0.358 e. The third-order valence-corrected chi connectivity index (χ3v) is 3.72. The van der Waals surface area contributed by atoms with Gasteiger partial charge in [-0.25, -0.2) is 0 Å². The number of aromatic nitrogens is 6. The van der Waals surface area contributed by atoms with Crippen LogP contribution in [-0.4, -0.2) is 40.2 Å². The molecule has 11 heteroatoms. The Bertz CT molecular complexity index is 938. The van der Waals surface area contributed by atoms with E-state index in [1.165, 1.54) is 10.7 Å². The second kappa shape index (κ2) is 7.17. The molecule has 0 radical (unpaired) electrons. The summed E-state index contributed by atoms with van der Waals surface area (Å²) in [5, 5.41) is 25.6. The van der Waals surface area contributed by atoms with Crippen LogP contribution in [0.2, 0.25) is 0 Å². The number of hydrogen-bond acceptors (Lipinski definition) is 6. The molecule has 11 nitrogen and oxygen atoms in total. The number of carbonyl (C=O) groups excluding carboxylic acids is 1. The van der Waals surface area contributed by atoms with Crippen molar-refractivity contribution in [1.82, 2.24) is 29.3 Å². The van der Waals surface area contributed by atoms with Gasteiger partial charge in [0.05, 0.1) is 41.5 Å². The minimum atomic E-state index is -0.591. The maximum atomic E-state index is 12.1. The van der Waals surface area contributed by atoms with Crippen molar-refractivity contribution in [2.24, 2.45) is 0 Å². The number of nitrogens with one attached hydrogen (secondary N) is 1. The average Bonchev–Trinajstić information content (AvgIpc) is 3.30. The standard InChI is InChI=1S/C15H18N8O3/c1-3-20-7-12(5-16-20)8-21-9-13(6-17-21)18-15(24)10-22-11(2)4-14(19-22)23(25)26/h4-7,9H,3,8,10H2,1-2H3,(H,18,24). The Morgan fingerprint density at radius 1 is 1.27 bits per heavy atom. The Hall–Kier alpha value is -3.50. The molecule has 3 aromatic rings. The second-order valence-electron chi connectivity index (χ2n) is 5.74. The number of amides is 1. The van der Waals surface area contributed by atoms with Crippen molar-refractivity contribution in [2.75, 3.05) is 5.32 Å². The summed E-state index contributed by atoms with van der Waals surface area (Å²) in [6.07, 6.45) is 6.96. The predicted octanol–water partition coefficient (Wildman–Crippen LogP) is 1.20. The maximum Gasteiger partial charge on any atom is 0.390 e. The first-order valence-electron chi connectivity index (χ1n) is 7.97. The minimum Gasteiger partial charge on any atom is -0.358 e. The summed E-state index contributed by atoms with van der Waals surface area (Å²) in [5.74, 6) is -0.625. The zero-order chi connectivity index (χ0) is 18.7. The van der Waals surface area contributed by atoms with Crippen LogP contribution in [0, 0.1) is 17.0 Å². The summed E-state index contributed by atoms with van der Waals surface area (Å²) >= 11 is 0. The molecule has 0 saturated carbocycles. The van der Waals surface area contributed by atoms with Gasteiger partial charge in [-0.15, -0.1) is 0 Å². The number of aryl methyl sites for hydroxylation is 2. The molecule has 0 aliphatic rings. The van der Waals surface area contributed by atoms with Crippen molar-refractivity contribution in [3.8, 4) is 0 Å². The quantitative estimate of drug-likeness (QED) is 0.499. The lowest BCUT2D eigenvalue weighted by Gasteiger charge is -2.01. The minimum absolute atomic E-state index is 0.117. The van der Waals surface area contributed by atoms with E-state index < -0.39 is 4.92 Å². The molecule has 0 saturated heterocycles. The van der Waals surface area contributed by atoms with Crippen LogP contribution in [0.15, 0.2) is 30.9 Å². The van der Waals surface area contributed by atoms with Crippen LogP contribution in [0.3, 0.4) is 0 Å². The molecule has 0 aliphatic carbocycles. The molecular weight excluding hydrogens is 340 g/mol. The number of hydrogen-bond donors (Lipinski definition) is 1. The summed E-state index contributed by atoms with van der Waals surface area (Å²) < 4.78 is 4.81. The summed E-state index contributed by atoms with van der Waals surface area (Å²) in [6, 6.07) is 1.32. The molecule has 0 fully saturated rings. The van der Waals surface area contributed by atoms with Crippen LogP contribution in [0.25, 0.3) is 0 Å². The Morgan fingerprint density at radius 3 is 2.69 bits per heavy atom. The fourth-order valence-electron chi connectivity index (χ4n) is 2.44. The molecule has 0 spiro atoms. The third-order valence-electron chi connectivity index (χ3n) is 3.72. The Labute approximate surface area is 148 Å². The van der Waals surface area contributed by atoms with Gasteiger partial charge in [0.2, 0.25) is 5.91 Å². The largest absolute Gasteiger partial charge is 0.390 e. The van der Waals surface area contributed by atoms with E-state index in [1.54, 1.807) is 30.2 Å². The van der Waals surface area contributed by atoms with Crippen molar-refractivity contribution < 1.29 is 9.72 Å². The maximum absolute atomic E-state index is 12.1. The fraction of sp³-hybridized carbons (Fsp3) is 0.333. The Morgan fingerprint density at radius 2 is 2.04 bits per heavy atom. The molecule has 3 heterocycles. The molecule has 3 rings (SSSR count). The first-order chi connectivity index (χ1) is 12.4. The van der Waals surface area contributed by atoms with Crippen LogP contribution in [0.4, 0.5) is 11.5 Å². The average molecular weight is 358 g/mol. The van der Waals surface area contributed by atoms with E-state index in [2.05, 4.69) is 20.6 Å². The number of anilines is 1. The summed E-state index contributed by atoms with van der Waals surface area (Å²) in [5.41, 5.74) is 2.08. The fourth-order valence-corrected chi connectivity index (χ4v) is 2.44. The van der Waals surface area contributed by atoms with Gasteiger partial charge >= 0.3 is 5.82 Å². The first-order valence-corrected chi connectivity index (χ1v) is 7.97. The van der Waals surface area contributed by atoms with Gasteiger partial charge in [0, 0.05) is 24.5 Å².